The average Bonchev–Trinajstić information content (AvgIpc) is 3.13. The maximum atomic E-state index is 12.6. The van der Waals surface area contributed by atoms with E-state index in [0.717, 1.165) is 19.3 Å². The minimum absolute atomic E-state index is 0.0290. The summed E-state index contributed by atoms with van der Waals surface area (Å²) in [5.74, 6) is 0.990. The number of carbonyl (C=O) groups excluding carboxylic acids is 2. The van der Waals surface area contributed by atoms with Gasteiger partial charge in [-0.3, -0.25) is 9.59 Å². The van der Waals surface area contributed by atoms with Gasteiger partial charge in [-0.15, -0.1) is 0 Å². The normalized spacial score (nSPS) is 27.1. The van der Waals surface area contributed by atoms with Crippen LogP contribution in [-0.2, 0) is 9.59 Å². The first-order valence-electron chi connectivity index (χ1n) is 7.14. The molecule has 1 aliphatic carbocycles. The molecule has 0 bridgehead atoms. The summed E-state index contributed by atoms with van der Waals surface area (Å²) in [5, 5.41) is 2.91. The first kappa shape index (κ1) is 13.4. The molecule has 2 rings (SSSR count). The van der Waals surface area contributed by atoms with Crippen LogP contribution in [0.5, 0.6) is 0 Å². The Morgan fingerprint density at radius 1 is 1.33 bits per heavy atom. The van der Waals surface area contributed by atoms with Crippen molar-refractivity contribution in [2.24, 2.45) is 11.8 Å². The smallest absolute Gasteiger partial charge is 0.245 e. The Labute approximate surface area is 109 Å². The zero-order valence-electron chi connectivity index (χ0n) is 11.6. The van der Waals surface area contributed by atoms with Crippen LogP contribution in [0.25, 0.3) is 0 Å². The molecule has 0 radical (unpaired) electrons. The van der Waals surface area contributed by atoms with Crippen molar-refractivity contribution in [1.82, 2.24) is 10.2 Å². The highest BCUT2D eigenvalue weighted by atomic mass is 16.2. The molecule has 2 fully saturated rings. The SMILES string of the molecule is CCC(C(C)C)N1CCC(=O)NC(C2CC2)C1=O. The number of carbonyl (C=O) groups is 2. The molecule has 0 aromatic rings. The predicted molar refractivity (Wildman–Crippen MR) is 69.9 cm³/mol. The second kappa shape index (κ2) is 5.29. The summed E-state index contributed by atoms with van der Waals surface area (Å²) >= 11 is 0. The summed E-state index contributed by atoms with van der Waals surface area (Å²) in [4.78, 5) is 26.2. The van der Waals surface area contributed by atoms with Crippen LogP contribution in [0.3, 0.4) is 0 Å². The third-order valence-electron chi connectivity index (χ3n) is 4.13. The molecule has 2 unspecified atom stereocenters. The molecule has 1 saturated carbocycles. The molecular weight excluding hydrogens is 228 g/mol. The van der Waals surface area contributed by atoms with Crippen LogP contribution in [0.15, 0.2) is 0 Å². The molecule has 0 aromatic heterocycles. The Hall–Kier alpha value is -1.06. The van der Waals surface area contributed by atoms with E-state index in [1.807, 2.05) is 4.90 Å². The van der Waals surface area contributed by atoms with Crippen molar-refractivity contribution >= 4 is 11.8 Å². The van der Waals surface area contributed by atoms with Crippen LogP contribution >= 0.6 is 0 Å². The lowest BCUT2D eigenvalue weighted by Crippen LogP contribution is -2.50. The van der Waals surface area contributed by atoms with Crippen molar-refractivity contribution in [2.75, 3.05) is 6.54 Å². The Kier molecular flexibility index (Phi) is 3.93. The molecule has 4 heteroatoms. The summed E-state index contributed by atoms with van der Waals surface area (Å²) < 4.78 is 0. The zero-order valence-corrected chi connectivity index (χ0v) is 11.6. The molecule has 1 saturated heterocycles. The molecule has 1 heterocycles. The first-order chi connectivity index (χ1) is 8.54. The number of hydrogen-bond acceptors (Lipinski definition) is 2. The Morgan fingerprint density at radius 3 is 2.50 bits per heavy atom. The van der Waals surface area contributed by atoms with Crippen molar-refractivity contribution in [3.8, 4) is 0 Å². The molecule has 2 aliphatic rings. The molecule has 2 amide bonds. The number of amides is 2. The van der Waals surface area contributed by atoms with Gasteiger partial charge >= 0.3 is 0 Å². The fourth-order valence-electron chi connectivity index (χ4n) is 2.95. The van der Waals surface area contributed by atoms with Gasteiger partial charge < -0.3 is 10.2 Å². The van der Waals surface area contributed by atoms with Crippen LogP contribution in [-0.4, -0.2) is 35.3 Å². The third-order valence-corrected chi connectivity index (χ3v) is 4.13. The minimum atomic E-state index is -0.257. The van der Waals surface area contributed by atoms with Gasteiger partial charge in [-0.1, -0.05) is 20.8 Å². The van der Waals surface area contributed by atoms with Gasteiger partial charge in [0, 0.05) is 19.0 Å². The lowest BCUT2D eigenvalue weighted by Gasteiger charge is -2.34. The predicted octanol–water partition coefficient (Wildman–Crippen LogP) is 1.55. The fourth-order valence-corrected chi connectivity index (χ4v) is 2.95. The first-order valence-corrected chi connectivity index (χ1v) is 7.14. The molecule has 1 N–H and O–H groups in total. The van der Waals surface area contributed by atoms with Crippen LogP contribution in [0.2, 0.25) is 0 Å². The van der Waals surface area contributed by atoms with Gasteiger partial charge in [0.1, 0.15) is 6.04 Å². The van der Waals surface area contributed by atoms with E-state index in [1.165, 1.54) is 0 Å². The van der Waals surface area contributed by atoms with Gasteiger partial charge in [0.05, 0.1) is 0 Å². The van der Waals surface area contributed by atoms with Crippen molar-refractivity contribution < 1.29 is 9.59 Å². The highest BCUT2D eigenvalue weighted by Gasteiger charge is 2.42. The Balaban J connectivity index is 2.17. The zero-order chi connectivity index (χ0) is 13.3. The number of rotatable bonds is 4. The quantitative estimate of drug-likeness (QED) is 0.825. The van der Waals surface area contributed by atoms with E-state index in [9.17, 15) is 9.59 Å². The van der Waals surface area contributed by atoms with Gasteiger partial charge in [0.15, 0.2) is 0 Å². The summed E-state index contributed by atoms with van der Waals surface area (Å²) in [6.45, 7) is 6.98. The van der Waals surface area contributed by atoms with E-state index >= 15 is 0 Å². The molecule has 4 nitrogen and oxygen atoms in total. The highest BCUT2D eigenvalue weighted by Crippen LogP contribution is 2.35. The van der Waals surface area contributed by atoms with Gasteiger partial charge in [-0.05, 0) is 31.1 Å². The lowest BCUT2D eigenvalue weighted by molar-refractivity contribution is -0.137. The highest BCUT2D eigenvalue weighted by molar-refractivity contribution is 5.90. The Morgan fingerprint density at radius 2 is 2.00 bits per heavy atom. The summed E-state index contributed by atoms with van der Waals surface area (Å²) in [6.07, 6.45) is 3.54. The van der Waals surface area contributed by atoms with E-state index < -0.39 is 0 Å². The summed E-state index contributed by atoms with van der Waals surface area (Å²) in [6, 6.07) is -0.000694. The number of nitrogens with zero attached hydrogens (tertiary/aromatic N) is 1. The monoisotopic (exact) mass is 252 g/mol. The Bertz CT molecular complexity index is 337. The van der Waals surface area contributed by atoms with E-state index in [0.29, 0.717) is 24.8 Å². The minimum Gasteiger partial charge on any atom is -0.344 e. The van der Waals surface area contributed by atoms with Crippen LogP contribution < -0.4 is 5.32 Å². The standard InChI is InChI=1S/C14H24N2O2/c1-4-11(9(2)3)16-8-7-12(17)15-13(14(16)18)10-5-6-10/h9-11,13H,4-8H2,1-3H3,(H,15,17). The fraction of sp³-hybridized carbons (Fsp3) is 0.857. The topological polar surface area (TPSA) is 49.4 Å². The van der Waals surface area contributed by atoms with E-state index in [4.69, 9.17) is 0 Å². The van der Waals surface area contributed by atoms with E-state index in [-0.39, 0.29) is 23.9 Å². The van der Waals surface area contributed by atoms with Gasteiger partial charge in [0.2, 0.25) is 11.8 Å². The van der Waals surface area contributed by atoms with Gasteiger partial charge in [-0.25, -0.2) is 0 Å². The van der Waals surface area contributed by atoms with Crippen molar-refractivity contribution in [1.29, 1.82) is 0 Å². The second-order valence-corrected chi connectivity index (χ2v) is 5.88. The summed E-state index contributed by atoms with van der Waals surface area (Å²) in [7, 11) is 0. The van der Waals surface area contributed by atoms with Gasteiger partial charge in [0.25, 0.3) is 0 Å². The maximum absolute atomic E-state index is 12.6. The lowest BCUT2D eigenvalue weighted by atomic mass is 9.98. The van der Waals surface area contributed by atoms with Crippen molar-refractivity contribution in [3.05, 3.63) is 0 Å². The molecule has 18 heavy (non-hydrogen) atoms. The van der Waals surface area contributed by atoms with Crippen LogP contribution in [0.4, 0.5) is 0 Å². The van der Waals surface area contributed by atoms with Crippen LogP contribution in [0, 0.1) is 11.8 Å². The largest absolute Gasteiger partial charge is 0.344 e. The summed E-state index contributed by atoms with van der Waals surface area (Å²) in [5.41, 5.74) is 0. The van der Waals surface area contributed by atoms with E-state index in [2.05, 4.69) is 26.1 Å². The number of hydrogen-bond donors (Lipinski definition) is 1. The maximum Gasteiger partial charge on any atom is 0.245 e. The molecule has 0 aromatic carbocycles. The molecule has 2 atom stereocenters. The molecule has 102 valence electrons. The third kappa shape index (κ3) is 2.68. The van der Waals surface area contributed by atoms with Crippen molar-refractivity contribution in [2.45, 2.75) is 58.5 Å². The van der Waals surface area contributed by atoms with E-state index in [1.54, 1.807) is 0 Å². The second-order valence-electron chi connectivity index (χ2n) is 5.88. The molecule has 1 aliphatic heterocycles. The molecule has 0 spiro atoms. The average molecular weight is 252 g/mol. The van der Waals surface area contributed by atoms with Crippen LogP contribution in [0.1, 0.15) is 46.5 Å². The van der Waals surface area contributed by atoms with Gasteiger partial charge in [-0.2, -0.15) is 0 Å². The molecular formula is C14H24N2O2. The number of nitrogens with one attached hydrogen (secondary N) is 1. The van der Waals surface area contributed by atoms with Crippen molar-refractivity contribution in [3.63, 3.8) is 0 Å².